The minimum atomic E-state index is -0.513. The van der Waals surface area contributed by atoms with Crippen LogP contribution in [0.4, 0.5) is 10.1 Å². The van der Waals surface area contributed by atoms with Crippen LogP contribution in [0.25, 0.3) is 0 Å². The third-order valence-corrected chi connectivity index (χ3v) is 5.55. The normalized spacial score (nSPS) is 19.0. The third-order valence-electron chi connectivity index (χ3n) is 5.24. The standard InChI is InChI=1S/C21H20ClFN2O3/c22-18-11-13(23)4-6-16(18)20(26)24-14-5-7-19-17(12-14)21(27)25-9-2-1-3-15(25)8-10-28-19/h4-7,11-12,15H,1-3,8-10H2,(H,24,26). The Balaban J connectivity index is 1.60. The van der Waals surface area contributed by atoms with E-state index in [0.717, 1.165) is 38.3 Å². The lowest BCUT2D eigenvalue weighted by atomic mass is 9.97. The zero-order chi connectivity index (χ0) is 19.7. The highest BCUT2D eigenvalue weighted by Gasteiger charge is 2.31. The summed E-state index contributed by atoms with van der Waals surface area (Å²) in [4.78, 5) is 27.5. The molecular weight excluding hydrogens is 383 g/mol. The molecule has 4 rings (SSSR count). The zero-order valence-electron chi connectivity index (χ0n) is 15.2. The molecule has 2 aromatic rings. The second-order valence-electron chi connectivity index (χ2n) is 7.07. The summed E-state index contributed by atoms with van der Waals surface area (Å²) in [6.45, 7) is 1.29. The number of hydrogen-bond donors (Lipinski definition) is 1. The number of anilines is 1. The SMILES string of the molecule is O=C(Nc1ccc2c(c1)C(=O)N1CCCCC1CCO2)c1ccc(F)cc1Cl. The van der Waals surface area contributed by atoms with Gasteiger partial charge in [0.2, 0.25) is 0 Å². The largest absolute Gasteiger partial charge is 0.493 e. The number of carbonyl (C=O) groups excluding carboxylic acids is 2. The van der Waals surface area contributed by atoms with Gasteiger partial charge in [-0.15, -0.1) is 0 Å². The lowest BCUT2D eigenvalue weighted by Crippen LogP contribution is -2.45. The van der Waals surface area contributed by atoms with E-state index in [9.17, 15) is 14.0 Å². The number of ether oxygens (including phenoxy) is 1. The molecule has 5 nitrogen and oxygen atoms in total. The molecule has 146 valence electrons. The molecule has 1 fully saturated rings. The molecule has 0 saturated carbocycles. The molecule has 2 aliphatic rings. The van der Waals surface area contributed by atoms with Gasteiger partial charge in [-0.05, 0) is 55.7 Å². The molecule has 1 atom stereocenters. The molecule has 2 aromatic carbocycles. The molecular formula is C21H20ClFN2O3. The monoisotopic (exact) mass is 402 g/mol. The quantitative estimate of drug-likeness (QED) is 0.804. The Labute approximate surface area is 167 Å². The van der Waals surface area contributed by atoms with Gasteiger partial charge < -0.3 is 15.0 Å². The first kappa shape index (κ1) is 18.7. The Morgan fingerprint density at radius 1 is 1.18 bits per heavy atom. The van der Waals surface area contributed by atoms with Crippen molar-refractivity contribution < 1.29 is 18.7 Å². The molecule has 28 heavy (non-hydrogen) atoms. The summed E-state index contributed by atoms with van der Waals surface area (Å²) in [5.41, 5.74) is 1.05. The number of benzene rings is 2. The van der Waals surface area contributed by atoms with Crippen molar-refractivity contribution >= 4 is 29.1 Å². The lowest BCUT2D eigenvalue weighted by molar-refractivity contribution is 0.0548. The summed E-state index contributed by atoms with van der Waals surface area (Å²) in [7, 11) is 0. The predicted molar refractivity (Wildman–Crippen MR) is 105 cm³/mol. The minimum absolute atomic E-state index is 0.0271. The van der Waals surface area contributed by atoms with Crippen LogP contribution in [0.15, 0.2) is 36.4 Å². The fraction of sp³-hybridized carbons (Fsp3) is 0.333. The third kappa shape index (κ3) is 3.69. The van der Waals surface area contributed by atoms with Gasteiger partial charge in [0.05, 0.1) is 22.8 Å². The van der Waals surface area contributed by atoms with Crippen LogP contribution in [0.1, 0.15) is 46.4 Å². The van der Waals surface area contributed by atoms with Crippen molar-refractivity contribution in [2.45, 2.75) is 31.7 Å². The van der Waals surface area contributed by atoms with Crippen LogP contribution in [0.3, 0.4) is 0 Å². The summed E-state index contributed by atoms with van der Waals surface area (Å²) >= 11 is 5.96. The number of hydrogen-bond acceptors (Lipinski definition) is 3. The molecule has 7 heteroatoms. The second kappa shape index (κ2) is 7.80. The molecule has 1 saturated heterocycles. The molecule has 2 aliphatic heterocycles. The molecule has 0 aliphatic carbocycles. The highest BCUT2D eigenvalue weighted by atomic mass is 35.5. The fourth-order valence-electron chi connectivity index (χ4n) is 3.80. The van der Waals surface area contributed by atoms with Crippen LogP contribution >= 0.6 is 11.6 Å². The molecule has 2 heterocycles. The number of nitrogens with zero attached hydrogens (tertiary/aromatic N) is 1. The minimum Gasteiger partial charge on any atom is -0.493 e. The molecule has 0 radical (unpaired) electrons. The number of rotatable bonds is 2. The van der Waals surface area contributed by atoms with Crippen LogP contribution in [-0.4, -0.2) is 35.9 Å². The average molecular weight is 403 g/mol. The van der Waals surface area contributed by atoms with Gasteiger partial charge in [0.25, 0.3) is 11.8 Å². The van der Waals surface area contributed by atoms with E-state index in [1.807, 2.05) is 4.90 Å². The first-order chi connectivity index (χ1) is 13.5. The average Bonchev–Trinajstić information content (AvgIpc) is 2.67. The number of nitrogens with one attached hydrogen (secondary N) is 1. The first-order valence-corrected chi connectivity index (χ1v) is 9.75. The summed E-state index contributed by atoms with van der Waals surface area (Å²) in [5, 5.41) is 2.75. The van der Waals surface area contributed by atoms with E-state index in [1.54, 1.807) is 18.2 Å². The van der Waals surface area contributed by atoms with Crippen molar-refractivity contribution in [3.63, 3.8) is 0 Å². The Bertz CT molecular complexity index is 934. The number of piperidine rings is 1. The van der Waals surface area contributed by atoms with E-state index in [0.29, 0.717) is 23.6 Å². The van der Waals surface area contributed by atoms with Gasteiger partial charge in [-0.1, -0.05) is 11.6 Å². The van der Waals surface area contributed by atoms with Gasteiger partial charge in [0, 0.05) is 24.7 Å². The molecule has 0 bridgehead atoms. The number of fused-ring (bicyclic) bond motifs is 2. The van der Waals surface area contributed by atoms with Crippen LogP contribution in [0.2, 0.25) is 5.02 Å². The maximum Gasteiger partial charge on any atom is 0.257 e. The molecule has 0 spiro atoms. The van der Waals surface area contributed by atoms with Gasteiger partial charge in [-0.2, -0.15) is 0 Å². The van der Waals surface area contributed by atoms with Gasteiger partial charge >= 0.3 is 0 Å². The van der Waals surface area contributed by atoms with E-state index in [4.69, 9.17) is 16.3 Å². The van der Waals surface area contributed by atoms with Gasteiger partial charge in [0.1, 0.15) is 11.6 Å². The Morgan fingerprint density at radius 2 is 2.04 bits per heavy atom. The van der Waals surface area contributed by atoms with E-state index in [1.165, 1.54) is 12.1 Å². The van der Waals surface area contributed by atoms with Crippen LogP contribution in [0, 0.1) is 5.82 Å². The van der Waals surface area contributed by atoms with Crippen LogP contribution < -0.4 is 10.1 Å². The maximum atomic E-state index is 13.2. The predicted octanol–water partition coefficient (Wildman–Crippen LogP) is 4.51. The van der Waals surface area contributed by atoms with Crippen molar-refractivity contribution in [2.24, 2.45) is 0 Å². The number of halogens is 2. The van der Waals surface area contributed by atoms with Crippen LogP contribution in [-0.2, 0) is 0 Å². The maximum absolute atomic E-state index is 13.2. The summed E-state index contributed by atoms with van der Waals surface area (Å²) < 4.78 is 19.0. The van der Waals surface area contributed by atoms with Crippen molar-refractivity contribution in [1.82, 2.24) is 4.90 Å². The summed E-state index contributed by atoms with van der Waals surface area (Å²) in [5.74, 6) is -0.538. The van der Waals surface area contributed by atoms with Gasteiger partial charge in [-0.25, -0.2) is 4.39 Å². The Hall–Kier alpha value is -2.60. The van der Waals surface area contributed by atoms with E-state index in [-0.39, 0.29) is 22.5 Å². The summed E-state index contributed by atoms with van der Waals surface area (Å²) in [6, 6.07) is 8.79. The molecule has 0 aromatic heterocycles. The van der Waals surface area contributed by atoms with E-state index >= 15 is 0 Å². The van der Waals surface area contributed by atoms with Crippen molar-refractivity contribution in [2.75, 3.05) is 18.5 Å². The summed E-state index contributed by atoms with van der Waals surface area (Å²) in [6.07, 6.45) is 3.93. The zero-order valence-corrected chi connectivity index (χ0v) is 16.0. The smallest absolute Gasteiger partial charge is 0.257 e. The van der Waals surface area contributed by atoms with E-state index < -0.39 is 11.7 Å². The number of amides is 2. The van der Waals surface area contributed by atoms with Gasteiger partial charge in [0.15, 0.2) is 0 Å². The fourth-order valence-corrected chi connectivity index (χ4v) is 4.05. The first-order valence-electron chi connectivity index (χ1n) is 9.37. The molecule has 1 N–H and O–H groups in total. The highest BCUT2D eigenvalue weighted by molar-refractivity contribution is 6.34. The lowest BCUT2D eigenvalue weighted by Gasteiger charge is -2.37. The molecule has 2 amide bonds. The van der Waals surface area contributed by atoms with Crippen LogP contribution in [0.5, 0.6) is 5.75 Å². The second-order valence-corrected chi connectivity index (χ2v) is 7.48. The Kier molecular flexibility index (Phi) is 5.22. The van der Waals surface area contributed by atoms with Crippen molar-refractivity contribution in [3.8, 4) is 5.75 Å². The van der Waals surface area contributed by atoms with Crippen molar-refractivity contribution in [1.29, 1.82) is 0 Å². The highest BCUT2D eigenvalue weighted by Crippen LogP contribution is 2.31. The topological polar surface area (TPSA) is 58.6 Å². The molecule has 1 unspecified atom stereocenters. The number of carbonyl (C=O) groups is 2. The van der Waals surface area contributed by atoms with Crippen molar-refractivity contribution in [3.05, 3.63) is 58.4 Å². The van der Waals surface area contributed by atoms with E-state index in [2.05, 4.69) is 5.32 Å². The Morgan fingerprint density at radius 3 is 2.86 bits per heavy atom. The van der Waals surface area contributed by atoms with Gasteiger partial charge in [-0.3, -0.25) is 9.59 Å².